The highest BCUT2D eigenvalue weighted by molar-refractivity contribution is 5.83. The Labute approximate surface area is 160 Å². The Morgan fingerprint density at radius 1 is 1.04 bits per heavy atom. The monoisotopic (exact) mass is 362 g/mol. The number of hydrogen-bond donors (Lipinski definition) is 3. The molecule has 3 rings (SSSR count). The van der Waals surface area contributed by atoms with Crippen LogP contribution in [0.2, 0.25) is 0 Å². The van der Waals surface area contributed by atoms with Gasteiger partial charge in [0.1, 0.15) is 5.60 Å². The average molecular weight is 362 g/mol. The van der Waals surface area contributed by atoms with E-state index >= 15 is 0 Å². The third-order valence-corrected chi connectivity index (χ3v) is 4.49. The second kappa shape index (κ2) is 8.64. The highest BCUT2D eigenvalue weighted by atomic mass is 16.3. The number of aromatic nitrogens is 1. The van der Waals surface area contributed by atoms with Gasteiger partial charge in [0.25, 0.3) is 0 Å². The van der Waals surface area contributed by atoms with Gasteiger partial charge in [0.2, 0.25) is 0 Å². The van der Waals surface area contributed by atoms with E-state index in [0.29, 0.717) is 19.0 Å². The predicted octanol–water partition coefficient (Wildman–Crippen LogP) is 3.20. The van der Waals surface area contributed by atoms with Crippen molar-refractivity contribution in [1.82, 2.24) is 15.6 Å². The Kier molecular flexibility index (Phi) is 6.04. The number of hydrogen-bond acceptors (Lipinski definition) is 3. The van der Waals surface area contributed by atoms with Crippen LogP contribution in [0.3, 0.4) is 0 Å². The van der Waals surface area contributed by atoms with E-state index in [9.17, 15) is 5.11 Å². The first kappa shape index (κ1) is 18.9. The van der Waals surface area contributed by atoms with Crippen LogP contribution >= 0.6 is 0 Å². The molecule has 0 spiro atoms. The Balaban J connectivity index is 1.73. The van der Waals surface area contributed by atoms with Crippen molar-refractivity contribution >= 4 is 16.9 Å². The highest BCUT2D eigenvalue weighted by Crippen LogP contribution is 2.19. The Hall–Kier alpha value is -2.92. The molecule has 0 aliphatic carbocycles. The van der Waals surface area contributed by atoms with Crippen LogP contribution in [0.5, 0.6) is 0 Å². The first-order valence-corrected chi connectivity index (χ1v) is 9.23. The number of benzene rings is 2. The summed E-state index contributed by atoms with van der Waals surface area (Å²) in [5.74, 6) is 0.676. The second-order valence-electron chi connectivity index (χ2n) is 6.68. The topological polar surface area (TPSA) is 69.5 Å². The molecule has 5 nitrogen and oxygen atoms in total. The maximum absolute atomic E-state index is 10.8. The molecule has 1 atom stereocenters. The minimum absolute atomic E-state index is 0.361. The molecule has 0 aliphatic heterocycles. The standard InChI is InChI=1S/C22H26N4O/c1-3-23-21(26-16-22(2,27)18-9-5-4-6-10-18)25-15-17-13-14-24-20-12-8-7-11-19(17)20/h4-14,27H,3,15-16H2,1-2H3,(H2,23,25,26). The molecule has 3 aromatic rings. The van der Waals surface area contributed by atoms with Gasteiger partial charge in [0.05, 0.1) is 18.6 Å². The molecular formula is C22H26N4O. The number of guanidine groups is 1. The Morgan fingerprint density at radius 2 is 1.78 bits per heavy atom. The minimum atomic E-state index is -0.985. The van der Waals surface area contributed by atoms with Crippen molar-refractivity contribution in [2.45, 2.75) is 26.0 Å². The molecular weight excluding hydrogens is 336 g/mol. The third kappa shape index (κ3) is 4.83. The van der Waals surface area contributed by atoms with Crippen molar-refractivity contribution in [2.75, 3.05) is 13.1 Å². The van der Waals surface area contributed by atoms with E-state index < -0.39 is 5.60 Å². The van der Waals surface area contributed by atoms with E-state index in [4.69, 9.17) is 0 Å². The fourth-order valence-corrected chi connectivity index (χ4v) is 2.95. The summed E-state index contributed by atoms with van der Waals surface area (Å²) in [4.78, 5) is 9.08. The van der Waals surface area contributed by atoms with Gasteiger partial charge in [-0.2, -0.15) is 0 Å². The van der Waals surface area contributed by atoms with Crippen LogP contribution in [-0.4, -0.2) is 29.1 Å². The van der Waals surface area contributed by atoms with E-state index in [1.807, 2.05) is 67.7 Å². The van der Waals surface area contributed by atoms with Gasteiger partial charge in [-0.1, -0.05) is 48.5 Å². The molecule has 27 heavy (non-hydrogen) atoms. The molecule has 2 aromatic carbocycles. The first-order chi connectivity index (χ1) is 13.1. The van der Waals surface area contributed by atoms with Gasteiger partial charge < -0.3 is 15.7 Å². The summed E-state index contributed by atoms with van der Waals surface area (Å²) >= 11 is 0. The molecule has 140 valence electrons. The molecule has 0 saturated heterocycles. The number of pyridine rings is 1. The molecule has 1 aromatic heterocycles. The largest absolute Gasteiger partial charge is 0.384 e. The first-order valence-electron chi connectivity index (χ1n) is 9.23. The smallest absolute Gasteiger partial charge is 0.191 e. The maximum atomic E-state index is 10.8. The summed E-state index contributed by atoms with van der Waals surface area (Å²) in [7, 11) is 0. The molecule has 1 unspecified atom stereocenters. The van der Waals surface area contributed by atoms with E-state index in [1.165, 1.54) is 0 Å². The summed E-state index contributed by atoms with van der Waals surface area (Å²) in [6.07, 6.45) is 1.81. The van der Waals surface area contributed by atoms with Gasteiger partial charge in [-0.3, -0.25) is 4.98 Å². The van der Waals surface area contributed by atoms with Gasteiger partial charge in [0, 0.05) is 18.1 Å². The van der Waals surface area contributed by atoms with Crippen molar-refractivity contribution in [3.8, 4) is 0 Å². The van der Waals surface area contributed by atoms with Gasteiger partial charge in [-0.05, 0) is 37.1 Å². The minimum Gasteiger partial charge on any atom is -0.384 e. The van der Waals surface area contributed by atoms with Crippen molar-refractivity contribution in [1.29, 1.82) is 0 Å². The van der Waals surface area contributed by atoms with Crippen LogP contribution in [0.15, 0.2) is 71.9 Å². The van der Waals surface area contributed by atoms with Gasteiger partial charge >= 0.3 is 0 Å². The summed E-state index contributed by atoms with van der Waals surface area (Å²) in [6.45, 7) is 5.46. The SMILES string of the molecule is CCNC(=NCc1ccnc2ccccc12)NCC(C)(O)c1ccccc1. The van der Waals surface area contributed by atoms with E-state index in [2.05, 4.69) is 26.7 Å². The molecule has 0 saturated carbocycles. The molecule has 0 fully saturated rings. The molecule has 0 aliphatic rings. The zero-order valence-corrected chi connectivity index (χ0v) is 15.8. The molecule has 0 radical (unpaired) electrons. The number of fused-ring (bicyclic) bond motifs is 1. The van der Waals surface area contributed by atoms with Gasteiger partial charge in [-0.25, -0.2) is 4.99 Å². The Morgan fingerprint density at radius 3 is 2.56 bits per heavy atom. The molecule has 3 N–H and O–H groups in total. The summed E-state index contributed by atoms with van der Waals surface area (Å²) in [5, 5.41) is 18.4. The zero-order valence-electron chi connectivity index (χ0n) is 15.8. The number of aliphatic hydroxyl groups is 1. The third-order valence-electron chi connectivity index (χ3n) is 4.49. The van der Waals surface area contributed by atoms with Crippen molar-refractivity contribution < 1.29 is 5.11 Å². The van der Waals surface area contributed by atoms with Crippen molar-refractivity contribution in [3.63, 3.8) is 0 Å². The van der Waals surface area contributed by atoms with Crippen LogP contribution < -0.4 is 10.6 Å². The van der Waals surface area contributed by atoms with Crippen LogP contribution in [-0.2, 0) is 12.1 Å². The lowest BCUT2D eigenvalue weighted by Crippen LogP contribution is -2.44. The maximum Gasteiger partial charge on any atom is 0.191 e. The lowest BCUT2D eigenvalue weighted by molar-refractivity contribution is 0.0617. The summed E-state index contributed by atoms with van der Waals surface area (Å²) in [5.41, 5.74) is 1.97. The van der Waals surface area contributed by atoms with Gasteiger partial charge in [0.15, 0.2) is 5.96 Å². The zero-order chi connectivity index (χ0) is 19.1. The molecule has 0 amide bonds. The van der Waals surface area contributed by atoms with Crippen LogP contribution in [0, 0.1) is 0 Å². The molecule has 1 heterocycles. The van der Waals surface area contributed by atoms with E-state index in [-0.39, 0.29) is 0 Å². The fraction of sp³-hybridized carbons (Fsp3) is 0.273. The van der Waals surface area contributed by atoms with Crippen molar-refractivity contribution in [3.05, 3.63) is 78.0 Å². The second-order valence-corrected chi connectivity index (χ2v) is 6.68. The quantitative estimate of drug-likeness (QED) is 0.465. The lowest BCUT2D eigenvalue weighted by atomic mass is 9.96. The van der Waals surface area contributed by atoms with Gasteiger partial charge in [-0.15, -0.1) is 0 Å². The van der Waals surface area contributed by atoms with E-state index in [1.54, 1.807) is 6.92 Å². The number of nitrogens with one attached hydrogen (secondary N) is 2. The Bertz CT molecular complexity index is 901. The number of para-hydroxylation sites is 1. The lowest BCUT2D eigenvalue weighted by Gasteiger charge is -2.25. The van der Waals surface area contributed by atoms with Crippen LogP contribution in [0.1, 0.15) is 25.0 Å². The number of nitrogens with zero attached hydrogens (tertiary/aromatic N) is 2. The summed E-state index contributed by atoms with van der Waals surface area (Å²) < 4.78 is 0. The highest BCUT2D eigenvalue weighted by Gasteiger charge is 2.22. The van der Waals surface area contributed by atoms with E-state index in [0.717, 1.165) is 28.6 Å². The molecule has 0 bridgehead atoms. The fourth-order valence-electron chi connectivity index (χ4n) is 2.95. The number of rotatable bonds is 6. The van der Waals surface area contributed by atoms with Crippen LogP contribution in [0.4, 0.5) is 0 Å². The van der Waals surface area contributed by atoms with Crippen LogP contribution in [0.25, 0.3) is 10.9 Å². The predicted molar refractivity (Wildman–Crippen MR) is 111 cm³/mol. The molecule has 5 heteroatoms. The number of aliphatic imine (C=N–C) groups is 1. The van der Waals surface area contributed by atoms with Crippen molar-refractivity contribution in [2.24, 2.45) is 4.99 Å². The normalized spacial score (nSPS) is 14.0. The average Bonchev–Trinajstić information content (AvgIpc) is 2.71. The summed E-state index contributed by atoms with van der Waals surface area (Å²) in [6, 6.07) is 19.7.